The minimum absolute atomic E-state index is 0.196. The van der Waals surface area contributed by atoms with Crippen LogP contribution in [0.15, 0.2) is 36.4 Å². The summed E-state index contributed by atoms with van der Waals surface area (Å²) in [5.74, 6) is 0.547. The second-order valence-corrected chi connectivity index (χ2v) is 9.31. The van der Waals surface area contributed by atoms with Gasteiger partial charge in [0.05, 0.1) is 25.6 Å². The molecular weight excluding hydrogens is 428 g/mol. The zero-order valence-corrected chi connectivity index (χ0v) is 19.3. The third kappa shape index (κ3) is 6.27. The molecule has 2 aromatic carbocycles. The lowest BCUT2D eigenvalue weighted by atomic mass is 10.1. The summed E-state index contributed by atoms with van der Waals surface area (Å²) < 4.78 is 36.9. The molecule has 0 fully saturated rings. The van der Waals surface area contributed by atoms with E-state index in [1.54, 1.807) is 12.1 Å². The molecular formula is C21H27ClN2O5S. The van der Waals surface area contributed by atoms with E-state index in [1.165, 1.54) is 20.1 Å². The van der Waals surface area contributed by atoms with Crippen molar-refractivity contribution >= 4 is 33.2 Å². The number of benzene rings is 2. The number of carbonyl (C=O) groups excluding carboxylic acids is 1. The Balaban J connectivity index is 2.08. The number of rotatable bonds is 9. The first kappa shape index (κ1) is 23.8. The molecule has 0 aliphatic heterocycles. The lowest BCUT2D eigenvalue weighted by Gasteiger charge is -2.29. The topological polar surface area (TPSA) is 84.9 Å². The molecule has 0 unspecified atom stereocenters. The fourth-order valence-electron chi connectivity index (χ4n) is 3.12. The van der Waals surface area contributed by atoms with Crippen LogP contribution in [0.1, 0.15) is 18.1 Å². The van der Waals surface area contributed by atoms with Crippen LogP contribution in [0.25, 0.3) is 0 Å². The highest BCUT2D eigenvalue weighted by atomic mass is 35.5. The molecule has 0 heterocycles. The van der Waals surface area contributed by atoms with Gasteiger partial charge in [0, 0.05) is 5.02 Å². The van der Waals surface area contributed by atoms with Gasteiger partial charge < -0.3 is 14.8 Å². The molecule has 9 heteroatoms. The highest BCUT2D eigenvalue weighted by Gasteiger charge is 2.31. The summed E-state index contributed by atoms with van der Waals surface area (Å²) in [6.07, 6.45) is 1.03. The van der Waals surface area contributed by atoms with Gasteiger partial charge in [0.15, 0.2) is 0 Å². The van der Waals surface area contributed by atoms with E-state index in [2.05, 4.69) is 5.32 Å². The summed E-state index contributed by atoms with van der Waals surface area (Å²) >= 11 is 6.04. The van der Waals surface area contributed by atoms with Crippen molar-refractivity contribution in [1.82, 2.24) is 5.32 Å². The Morgan fingerprint density at radius 1 is 1.17 bits per heavy atom. The van der Waals surface area contributed by atoms with Gasteiger partial charge in [-0.15, -0.1) is 0 Å². The van der Waals surface area contributed by atoms with E-state index in [0.717, 1.165) is 27.4 Å². The van der Waals surface area contributed by atoms with Gasteiger partial charge in [-0.05, 0) is 62.2 Å². The van der Waals surface area contributed by atoms with Gasteiger partial charge in [-0.1, -0.05) is 17.7 Å². The molecule has 0 radical (unpaired) electrons. The molecule has 0 aliphatic rings. The summed E-state index contributed by atoms with van der Waals surface area (Å²) in [7, 11) is -2.37. The van der Waals surface area contributed by atoms with E-state index in [0.29, 0.717) is 10.8 Å². The smallest absolute Gasteiger partial charge is 0.243 e. The van der Waals surface area contributed by atoms with Crippen molar-refractivity contribution in [1.29, 1.82) is 0 Å². The zero-order valence-electron chi connectivity index (χ0n) is 17.7. The number of hydrogen-bond acceptors (Lipinski definition) is 5. The maximum atomic E-state index is 12.7. The van der Waals surface area contributed by atoms with Crippen molar-refractivity contribution in [2.45, 2.75) is 26.8 Å². The van der Waals surface area contributed by atoms with Crippen LogP contribution in [0.5, 0.6) is 11.5 Å². The van der Waals surface area contributed by atoms with Gasteiger partial charge in [0.2, 0.25) is 15.9 Å². The Labute approximate surface area is 183 Å². The molecule has 164 valence electrons. The summed E-state index contributed by atoms with van der Waals surface area (Å²) in [5.41, 5.74) is 2.37. The molecule has 2 rings (SSSR count). The molecule has 1 atom stereocenters. The van der Waals surface area contributed by atoms with Crippen molar-refractivity contribution in [3.63, 3.8) is 0 Å². The number of methoxy groups -OCH3 is 1. The molecule has 0 bridgehead atoms. The Hall–Kier alpha value is -2.45. The molecule has 7 nitrogen and oxygen atoms in total. The fourth-order valence-corrected chi connectivity index (χ4v) is 4.46. The lowest BCUT2D eigenvalue weighted by molar-refractivity contribution is -0.121. The molecule has 0 aliphatic carbocycles. The fraction of sp³-hybridized carbons (Fsp3) is 0.381. The first-order valence-corrected chi connectivity index (χ1v) is 11.6. The van der Waals surface area contributed by atoms with Crippen molar-refractivity contribution < 1.29 is 22.7 Å². The van der Waals surface area contributed by atoms with E-state index in [-0.39, 0.29) is 18.8 Å². The Morgan fingerprint density at radius 2 is 1.80 bits per heavy atom. The number of aryl methyl sites for hydroxylation is 2. The Kier molecular flexibility index (Phi) is 7.97. The number of halogens is 1. The number of anilines is 1. The van der Waals surface area contributed by atoms with E-state index >= 15 is 0 Å². The quantitative estimate of drug-likeness (QED) is 0.587. The highest BCUT2D eigenvalue weighted by Crippen LogP contribution is 2.34. The number of nitrogens with one attached hydrogen (secondary N) is 1. The number of ether oxygens (including phenoxy) is 2. The summed E-state index contributed by atoms with van der Waals surface area (Å²) in [4.78, 5) is 12.7. The van der Waals surface area contributed by atoms with Gasteiger partial charge in [-0.3, -0.25) is 9.10 Å². The third-order valence-electron chi connectivity index (χ3n) is 4.33. The standard InChI is InChI=1S/C21H27ClN2O5S/c1-14-10-15(2)12-18(11-14)29-9-8-23-21(25)16(3)24(30(5,26)27)19-13-17(22)6-7-20(19)28-4/h6-7,10-13,16H,8-9H2,1-5H3,(H,23,25)/t16-/m1/s1. The monoisotopic (exact) mass is 454 g/mol. The second kappa shape index (κ2) is 10.0. The first-order valence-electron chi connectivity index (χ1n) is 9.34. The van der Waals surface area contributed by atoms with Crippen molar-refractivity contribution in [3.05, 3.63) is 52.5 Å². The average Bonchev–Trinajstić information content (AvgIpc) is 2.63. The highest BCUT2D eigenvalue weighted by molar-refractivity contribution is 7.92. The maximum absolute atomic E-state index is 12.7. The average molecular weight is 455 g/mol. The predicted octanol–water partition coefficient (Wildman–Crippen LogP) is 3.32. The molecule has 30 heavy (non-hydrogen) atoms. The number of sulfonamides is 1. The van der Waals surface area contributed by atoms with Crippen LogP contribution in [0.4, 0.5) is 5.69 Å². The summed E-state index contributed by atoms with van der Waals surface area (Å²) in [5, 5.41) is 3.04. The first-order chi connectivity index (χ1) is 14.0. The van der Waals surface area contributed by atoms with E-state index < -0.39 is 22.0 Å². The van der Waals surface area contributed by atoms with Crippen LogP contribution in [-0.4, -0.2) is 46.9 Å². The number of hydrogen-bond donors (Lipinski definition) is 1. The Bertz CT molecular complexity index is 990. The van der Waals surface area contributed by atoms with E-state index in [9.17, 15) is 13.2 Å². The largest absolute Gasteiger partial charge is 0.495 e. The minimum Gasteiger partial charge on any atom is -0.495 e. The van der Waals surface area contributed by atoms with Gasteiger partial charge >= 0.3 is 0 Å². The molecule has 1 amide bonds. The predicted molar refractivity (Wildman–Crippen MR) is 119 cm³/mol. The third-order valence-corrected chi connectivity index (χ3v) is 5.79. The lowest BCUT2D eigenvalue weighted by Crippen LogP contribution is -2.48. The van der Waals surface area contributed by atoms with Crippen molar-refractivity contribution in [2.24, 2.45) is 0 Å². The Morgan fingerprint density at radius 3 is 2.37 bits per heavy atom. The molecule has 2 aromatic rings. The van der Waals surface area contributed by atoms with Crippen LogP contribution in [0.3, 0.4) is 0 Å². The van der Waals surface area contributed by atoms with E-state index in [4.69, 9.17) is 21.1 Å². The van der Waals surface area contributed by atoms with Crippen molar-refractivity contribution in [2.75, 3.05) is 30.8 Å². The molecule has 0 aromatic heterocycles. The molecule has 0 saturated heterocycles. The van der Waals surface area contributed by atoms with Crippen LogP contribution in [0, 0.1) is 13.8 Å². The number of amides is 1. The minimum atomic E-state index is -3.79. The summed E-state index contributed by atoms with van der Waals surface area (Å²) in [6, 6.07) is 9.43. The van der Waals surface area contributed by atoms with Crippen LogP contribution < -0.4 is 19.1 Å². The number of nitrogens with zero attached hydrogens (tertiary/aromatic N) is 1. The van der Waals surface area contributed by atoms with Gasteiger partial charge in [0.1, 0.15) is 24.1 Å². The second-order valence-electron chi connectivity index (χ2n) is 7.01. The maximum Gasteiger partial charge on any atom is 0.243 e. The van der Waals surface area contributed by atoms with Crippen LogP contribution in [-0.2, 0) is 14.8 Å². The molecule has 0 saturated carbocycles. The van der Waals surface area contributed by atoms with Gasteiger partial charge in [-0.25, -0.2) is 8.42 Å². The summed E-state index contributed by atoms with van der Waals surface area (Å²) in [6.45, 7) is 5.93. The van der Waals surface area contributed by atoms with Gasteiger partial charge in [0.25, 0.3) is 0 Å². The van der Waals surface area contributed by atoms with Crippen molar-refractivity contribution in [3.8, 4) is 11.5 Å². The molecule has 1 N–H and O–H groups in total. The van der Waals surface area contributed by atoms with Crippen LogP contribution in [0.2, 0.25) is 5.02 Å². The SMILES string of the molecule is COc1ccc(Cl)cc1N([C@H](C)C(=O)NCCOc1cc(C)cc(C)c1)S(C)(=O)=O. The molecule has 0 spiro atoms. The van der Waals surface area contributed by atoms with E-state index in [1.807, 2.05) is 32.0 Å². The normalized spacial score (nSPS) is 12.2. The van der Waals surface area contributed by atoms with Crippen LogP contribution >= 0.6 is 11.6 Å². The zero-order chi connectivity index (χ0) is 22.5. The van der Waals surface area contributed by atoms with Gasteiger partial charge in [-0.2, -0.15) is 0 Å². The number of carbonyl (C=O) groups is 1.